The standard InChI is InChI=1S/C18H26N4/c1-14-4-5-17-16(12-14)18(6-7-19-17)20-13-15(2)22-10-8-21(3)9-11-22/h4-7,12,15H,8-11,13H2,1-3H3,(H,19,20). The van der Waals surface area contributed by atoms with Crippen LogP contribution in [-0.4, -0.2) is 60.6 Å². The zero-order valence-electron chi connectivity index (χ0n) is 13.8. The van der Waals surface area contributed by atoms with Gasteiger partial charge in [-0.2, -0.15) is 0 Å². The van der Waals surface area contributed by atoms with Crippen molar-refractivity contribution in [1.29, 1.82) is 0 Å². The monoisotopic (exact) mass is 298 g/mol. The van der Waals surface area contributed by atoms with Gasteiger partial charge in [-0.3, -0.25) is 9.88 Å². The summed E-state index contributed by atoms with van der Waals surface area (Å²) in [5.74, 6) is 0. The van der Waals surface area contributed by atoms with E-state index < -0.39 is 0 Å². The number of anilines is 1. The lowest BCUT2D eigenvalue weighted by molar-refractivity contribution is 0.123. The van der Waals surface area contributed by atoms with Crippen LogP contribution in [0.1, 0.15) is 12.5 Å². The van der Waals surface area contributed by atoms with Crippen molar-refractivity contribution in [3.8, 4) is 0 Å². The fraction of sp³-hybridized carbons (Fsp3) is 0.500. The van der Waals surface area contributed by atoms with Crippen LogP contribution in [0.4, 0.5) is 5.69 Å². The Kier molecular flexibility index (Phi) is 4.60. The number of hydrogen-bond donors (Lipinski definition) is 1. The molecule has 22 heavy (non-hydrogen) atoms. The van der Waals surface area contributed by atoms with Crippen LogP contribution in [0.5, 0.6) is 0 Å². The van der Waals surface area contributed by atoms with Crippen molar-refractivity contribution in [3.63, 3.8) is 0 Å². The number of aryl methyl sites for hydroxylation is 1. The van der Waals surface area contributed by atoms with E-state index >= 15 is 0 Å². The van der Waals surface area contributed by atoms with Gasteiger partial charge in [0.05, 0.1) is 5.52 Å². The van der Waals surface area contributed by atoms with Gasteiger partial charge in [0.15, 0.2) is 0 Å². The van der Waals surface area contributed by atoms with Gasteiger partial charge in [0.25, 0.3) is 0 Å². The first-order valence-electron chi connectivity index (χ1n) is 8.15. The Bertz CT molecular complexity index is 632. The number of aromatic nitrogens is 1. The number of hydrogen-bond acceptors (Lipinski definition) is 4. The molecule has 1 atom stereocenters. The van der Waals surface area contributed by atoms with Gasteiger partial charge in [-0.15, -0.1) is 0 Å². The van der Waals surface area contributed by atoms with Gasteiger partial charge in [-0.25, -0.2) is 0 Å². The molecular weight excluding hydrogens is 272 g/mol. The van der Waals surface area contributed by atoms with Crippen LogP contribution >= 0.6 is 0 Å². The van der Waals surface area contributed by atoms with Crippen molar-refractivity contribution >= 4 is 16.6 Å². The van der Waals surface area contributed by atoms with Gasteiger partial charge in [0, 0.05) is 56.0 Å². The fourth-order valence-corrected chi connectivity index (χ4v) is 3.06. The molecule has 1 aliphatic heterocycles. The molecule has 2 aromatic rings. The Hall–Kier alpha value is -1.65. The quantitative estimate of drug-likeness (QED) is 0.940. The summed E-state index contributed by atoms with van der Waals surface area (Å²) < 4.78 is 0. The first-order chi connectivity index (χ1) is 10.6. The third-order valence-electron chi connectivity index (χ3n) is 4.65. The minimum absolute atomic E-state index is 0.543. The molecule has 1 aliphatic rings. The molecule has 0 spiro atoms. The fourth-order valence-electron chi connectivity index (χ4n) is 3.06. The average molecular weight is 298 g/mol. The number of rotatable bonds is 4. The Labute approximate surface area is 133 Å². The smallest absolute Gasteiger partial charge is 0.0722 e. The van der Waals surface area contributed by atoms with E-state index in [0.717, 1.165) is 25.2 Å². The second-order valence-electron chi connectivity index (χ2n) is 6.45. The van der Waals surface area contributed by atoms with Gasteiger partial charge in [0.1, 0.15) is 0 Å². The number of pyridine rings is 1. The molecule has 118 valence electrons. The predicted octanol–water partition coefficient (Wildman–Crippen LogP) is 2.59. The van der Waals surface area contributed by atoms with E-state index in [4.69, 9.17) is 0 Å². The Morgan fingerprint density at radius 2 is 1.95 bits per heavy atom. The zero-order chi connectivity index (χ0) is 15.5. The molecule has 2 heterocycles. The first-order valence-corrected chi connectivity index (χ1v) is 8.15. The van der Waals surface area contributed by atoms with E-state index in [0.29, 0.717) is 6.04 Å². The number of nitrogens with one attached hydrogen (secondary N) is 1. The molecule has 0 saturated carbocycles. The summed E-state index contributed by atoms with van der Waals surface area (Å²) in [6, 6.07) is 9.05. The third-order valence-corrected chi connectivity index (χ3v) is 4.65. The van der Waals surface area contributed by atoms with Crippen molar-refractivity contribution in [2.24, 2.45) is 0 Å². The summed E-state index contributed by atoms with van der Waals surface area (Å²) in [7, 11) is 2.20. The Morgan fingerprint density at radius 3 is 2.73 bits per heavy atom. The van der Waals surface area contributed by atoms with Crippen molar-refractivity contribution in [1.82, 2.24) is 14.8 Å². The average Bonchev–Trinajstić information content (AvgIpc) is 2.53. The lowest BCUT2D eigenvalue weighted by atomic mass is 10.1. The summed E-state index contributed by atoms with van der Waals surface area (Å²) in [6.07, 6.45) is 1.89. The minimum atomic E-state index is 0.543. The lowest BCUT2D eigenvalue weighted by Gasteiger charge is -2.36. The molecule has 1 fully saturated rings. The van der Waals surface area contributed by atoms with E-state index in [1.54, 1.807) is 0 Å². The van der Waals surface area contributed by atoms with Crippen molar-refractivity contribution < 1.29 is 0 Å². The summed E-state index contributed by atoms with van der Waals surface area (Å²) in [6.45, 7) is 10.1. The van der Waals surface area contributed by atoms with Crippen molar-refractivity contribution in [2.45, 2.75) is 19.9 Å². The highest BCUT2D eigenvalue weighted by atomic mass is 15.3. The van der Waals surface area contributed by atoms with Crippen LogP contribution < -0.4 is 5.32 Å². The van der Waals surface area contributed by atoms with Gasteiger partial charge in [-0.05, 0) is 39.1 Å². The van der Waals surface area contributed by atoms with Crippen molar-refractivity contribution in [2.75, 3.05) is 45.1 Å². The molecule has 1 aromatic carbocycles. The molecule has 0 aliphatic carbocycles. The minimum Gasteiger partial charge on any atom is -0.383 e. The summed E-state index contributed by atoms with van der Waals surface area (Å²) in [5.41, 5.74) is 3.52. The molecule has 0 bridgehead atoms. The highest BCUT2D eigenvalue weighted by Crippen LogP contribution is 2.22. The number of benzene rings is 1. The van der Waals surface area contributed by atoms with Crippen LogP contribution in [0.2, 0.25) is 0 Å². The van der Waals surface area contributed by atoms with E-state index in [2.05, 4.69) is 65.3 Å². The first kappa shape index (κ1) is 15.3. The summed E-state index contributed by atoms with van der Waals surface area (Å²) >= 11 is 0. The van der Waals surface area contributed by atoms with Gasteiger partial charge < -0.3 is 10.2 Å². The number of likely N-dealkylation sites (N-methyl/N-ethyl adjacent to an activating group) is 1. The molecule has 0 radical (unpaired) electrons. The Morgan fingerprint density at radius 1 is 1.18 bits per heavy atom. The molecule has 4 nitrogen and oxygen atoms in total. The van der Waals surface area contributed by atoms with Crippen LogP contribution in [0, 0.1) is 6.92 Å². The number of nitrogens with zero attached hydrogens (tertiary/aromatic N) is 3. The molecule has 1 N–H and O–H groups in total. The topological polar surface area (TPSA) is 31.4 Å². The van der Waals surface area contributed by atoms with Crippen molar-refractivity contribution in [3.05, 3.63) is 36.0 Å². The van der Waals surface area contributed by atoms with E-state index in [1.807, 2.05) is 6.20 Å². The molecular formula is C18H26N4. The molecule has 1 unspecified atom stereocenters. The SMILES string of the molecule is Cc1ccc2nccc(NCC(C)N3CCN(C)CC3)c2c1. The highest BCUT2D eigenvalue weighted by Gasteiger charge is 2.18. The predicted molar refractivity (Wildman–Crippen MR) is 93.5 cm³/mol. The molecule has 3 rings (SSSR count). The number of piperazine rings is 1. The van der Waals surface area contributed by atoms with E-state index in [1.165, 1.54) is 29.7 Å². The summed E-state index contributed by atoms with van der Waals surface area (Å²) in [4.78, 5) is 9.42. The van der Waals surface area contributed by atoms with Gasteiger partial charge >= 0.3 is 0 Å². The summed E-state index contributed by atoms with van der Waals surface area (Å²) in [5, 5.41) is 4.84. The second-order valence-corrected chi connectivity index (χ2v) is 6.45. The second kappa shape index (κ2) is 6.63. The van der Waals surface area contributed by atoms with Gasteiger partial charge in [-0.1, -0.05) is 11.6 Å². The number of fused-ring (bicyclic) bond motifs is 1. The highest BCUT2D eigenvalue weighted by molar-refractivity contribution is 5.91. The van der Waals surface area contributed by atoms with Crippen LogP contribution in [0.3, 0.4) is 0 Å². The van der Waals surface area contributed by atoms with Crippen LogP contribution in [0.15, 0.2) is 30.5 Å². The third kappa shape index (κ3) is 3.39. The maximum Gasteiger partial charge on any atom is 0.0722 e. The molecule has 1 aromatic heterocycles. The van der Waals surface area contributed by atoms with Crippen LogP contribution in [-0.2, 0) is 0 Å². The molecule has 0 amide bonds. The molecule has 1 saturated heterocycles. The zero-order valence-corrected chi connectivity index (χ0v) is 13.8. The van der Waals surface area contributed by atoms with E-state index in [-0.39, 0.29) is 0 Å². The van der Waals surface area contributed by atoms with Gasteiger partial charge in [0.2, 0.25) is 0 Å². The normalized spacial score (nSPS) is 18.5. The van der Waals surface area contributed by atoms with E-state index in [9.17, 15) is 0 Å². The maximum absolute atomic E-state index is 4.45. The Balaban J connectivity index is 1.67. The lowest BCUT2D eigenvalue weighted by Crippen LogP contribution is -2.49. The molecule has 4 heteroatoms. The largest absolute Gasteiger partial charge is 0.383 e. The van der Waals surface area contributed by atoms with Crippen LogP contribution in [0.25, 0.3) is 10.9 Å². The maximum atomic E-state index is 4.45.